The zero-order valence-corrected chi connectivity index (χ0v) is 16.1. The van der Waals surface area contributed by atoms with Crippen molar-refractivity contribution in [2.75, 3.05) is 11.5 Å². The van der Waals surface area contributed by atoms with Crippen LogP contribution in [0.5, 0.6) is 0 Å². The van der Waals surface area contributed by atoms with Crippen LogP contribution in [0.1, 0.15) is 17.8 Å². The lowest BCUT2D eigenvalue weighted by Crippen LogP contribution is -2.10. The van der Waals surface area contributed by atoms with E-state index in [4.69, 9.17) is 10.5 Å². The highest BCUT2D eigenvalue weighted by Crippen LogP contribution is 2.19. The summed E-state index contributed by atoms with van der Waals surface area (Å²) in [6.07, 6.45) is 1.72. The fourth-order valence-electron chi connectivity index (χ4n) is 2.56. The van der Waals surface area contributed by atoms with Crippen molar-refractivity contribution in [3.63, 3.8) is 0 Å². The first-order valence-electron chi connectivity index (χ1n) is 8.35. The van der Waals surface area contributed by atoms with Gasteiger partial charge in [-0.2, -0.15) is 0 Å². The highest BCUT2D eigenvalue weighted by molar-refractivity contribution is 8.15. The number of hydrogen-bond acceptors (Lipinski definition) is 6. The average molecular weight is 407 g/mol. The first-order chi connectivity index (χ1) is 13.0. The van der Waals surface area contributed by atoms with Crippen molar-refractivity contribution in [3.05, 3.63) is 57.9 Å². The minimum Gasteiger partial charge on any atom is -0.390 e. The molecule has 0 aliphatic heterocycles. The summed E-state index contributed by atoms with van der Waals surface area (Å²) >= 11 is 2.72. The standard InChI is InChI=1S/C18H19FN4O2S2/c19-12-4-3-11-6-13(21-15(11)7-12)2-1-5-26-16(20)10-27-18-22-14(9-24)8-17(25)23-18/h3-4,6-8,20-21,24H,1-2,5,9-10H2,(H,22,23,25). The number of aromatic amines is 2. The van der Waals surface area contributed by atoms with Gasteiger partial charge in [0, 0.05) is 23.0 Å². The molecular formula is C18H19FN4O2S2. The van der Waals surface area contributed by atoms with E-state index in [0.29, 0.717) is 21.6 Å². The van der Waals surface area contributed by atoms with E-state index >= 15 is 0 Å². The van der Waals surface area contributed by atoms with Crippen LogP contribution in [-0.4, -0.2) is 36.6 Å². The largest absolute Gasteiger partial charge is 0.390 e. The molecule has 2 heterocycles. The monoisotopic (exact) mass is 406 g/mol. The van der Waals surface area contributed by atoms with Gasteiger partial charge in [-0.05, 0) is 48.2 Å². The Morgan fingerprint density at radius 3 is 2.93 bits per heavy atom. The Balaban J connectivity index is 1.41. The van der Waals surface area contributed by atoms with Crippen molar-refractivity contribution in [2.45, 2.75) is 24.6 Å². The summed E-state index contributed by atoms with van der Waals surface area (Å²) in [5, 5.41) is 19.0. The van der Waals surface area contributed by atoms with Gasteiger partial charge in [0.15, 0.2) is 5.16 Å². The van der Waals surface area contributed by atoms with E-state index in [2.05, 4.69) is 15.0 Å². The van der Waals surface area contributed by atoms with Gasteiger partial charge in [-0.25, -0.2) is 9.37 Å². The Morgan fingerprint density at radius 2 is 2.11 bits per heavy atom. The van der Waals surface area contributed by atoms with Crippen LogP contribution < -0.4 is 5.56 Å². The second kappa shape index (κ2) is 9.20. The lowest BCUT2D eigenvalue weighted by molar-refractivity contribution is 0.275. The van der Waals surface area contributed by atoms with Gasteiger partial charge in [0.2, 0.25) is 0 Å². The van der Waals surface area contributed by atoms with Crippen LogP contribution in [0.25, 0.3) is 10.9 Å². The topological polar surface area (TPSA) is 106 Å². The molecule has 0 spiro atoms. The number of thioether (sulfide) groups is 2. The van der Waals surface area contributed by atoms with Crippen molar-refractivity contribution in [1.82, 2.24) is 15.0 Å². The number of hydrogen-bond donors (Lipinski definition) is 4. The molecule has 0 amide bonds. The van der Waals surface area contributed by atoms with Crippen molar-refractivity contribution in [3.8, 4) is 0 Å². The quantitative estimate of drug-likeness (QED) is 0.151. The predicted molar refractivity (Wildman–Crippen MR) is 108 cm³/mol. The molecule has 0 saturated heterocycles. The van der Waals surface area contributed by atoms with Crippen LogP contribution in [0.2, 0.25) is 0 Å². The number of aliphatic hydroxyl groups is 1. The summed E-state index contributed by atoms with van der Waals surface area (Å²) in [6.45, 7) is -0.288. The van der Waals surface area contributed by atoms with Gasteiger partial charge < -0.3 is 15.1 Å². The number of aliphatic hydroxyl groups excluding tert-OH is 1. The van der Waals surface area contributed by atoms with Gasteiger partial charge in [-0.3, -0.25) is 10.2 Å². The van der Waals surface area contributed by atoms with E-state index in [9.17, 15) is 9.18 Å². The predicted octanol–water partition coefficient (Wildman–Crippen LogP) is 3.32. The number of nitrogens with zero attached hydrogens (tertiary/aromatic N) is 1. The fraction of sp³-hybridized carbons (Fsp3) is 0.278. The average Bonchev–Trinajstić information content (AvgIpc) is 3.05. The highest BCUT2D eigenvalue weighted by atomic mass is 32.2. The fourth-order valence-corrected chi connectivity index (χ4v) is 4.23. The second-order valence-electron chi connectivity index (χ2n) is 5.89. The van der Waals surface area contributed by atoms with E-state index in [1.54, 1.807) is 6.07 Å². The van der Waals surface area contributed by atoms with Crippen molar-refractivity contribution >= 4 is 39.5 Å². The third-order valence-corrected chi connectivity index (χ3v) is 5.85. The number of H-pyrrole nitrogens is 2. The molecule has 0 saturated carbocycles. The molecular weight excluding hydrogens is 387 g/mol. The third-order valence-electron chi connectivity index (χ3n) is 3.78. The number of nitrogens with one attached hydrogen (secondary N) is 3. The number of rotatable bonds is 8. The van der Waals surface area contributed by atoms with Crippen LogP contribution >= 0.6 is 23.5 Å². The molecule has 0 aliphatic rings. The van der Waals surface area contributed by atoms with E-state index in [1.807, 2.05) is 6.07 Å². The molecule has 6 nitrogen and oxygen atoms in total. The molecule has 27 heavy (non-hydrogen) atoms. The lowest BCUT2D eigenvalue weighted by atomic mass is 10.2. The first-order valence-corrected chi connectivity index (χ1v) is 10.3. The van der Waals surface area contributed by atoms with Gasteiger partial charge >= 0.3 is 0 Å². The summed E-state index contributed by atoms with van der Waals surface area (Å²) in [4.78, 5) is 21.4. The third kappa shape index (κ3) is 5.69. The minimum atomic E-state index is -0.311. The van der Waals surface area contributed by atoms with E-state index in [-0.39, 0.29) is 18.0 Å². The molecule has 3 rings (SSSR count). The normalized spacial score (nSPS) is 11.2. The Hall–Kier alpha value is -2.10. The van der Waals surface area contributed by atoms with E-state index < -0.39 is 0 Å². The molecule has 0 atom stereocenters. The Kier molecular flexibility index (Phi) is 6.70. The summed E-state index contributed by atoms with van der Waals surface area (Å²) in [5.74, 6) is 0.954. The molecule has 1 aromatic carbocycles. The van der Waals surface area contributed by atoms with Crippen LogP contribution in [-0.2, 0) is 13.0 Å². The molecule has 9 heteroatoms. The minimum absolute atomic E-state index is 0.252. The zero-order chi connectivity index (χ0) is 19.2. The summed E-state index contributed by atoms with van der Waals surface area (Å²) in [5.41, 5.74) is 1.86. The highest BCUT2D eigenvalue weighted by Gasteiger charge is 2.06. The first kappa shape index (κ1) is 19.7. The Morgan fingerprint density at radius 1 is 1.26 bits per heavy atom. The van der Waals surface area contributed by atoms with Crippen molar-refractivity contribution in [1.29, 1.82) is 5.41 Å². The number of aromatic nitrogens is 3. The second-order valence-corrected chi connectivity index (χ2v) is 8.04. The van der Waals surface area contributed by atoms with Crippen LogP contribution in [0, 0.1) is 11.2 Å². The molecule has 0 bridgehead atoms. The lowest BCUT2D eigenvalue weighted by Gasteiger charge is -2.04. The van der Waals surface area contributed by atoms with Crippen LogP contribution in [0.3, 0.4) is 0 Å². The maximum absolute atomic E-state index is 13.2. The number of halogens is 1. The number of benzene rings is 1. The summed E-state index contributed by atoms with van der Waals surface area (Å²) in [6, 6.07) is 7.98. The maximum atomic E-state index is 13.2. The van der Waals surface area contributed by atoms with Gasteiger partial charge in [-0.1, -0.05) is 11.8 Å². The summed E-state index contributed by atoms with van der Waals surface area (Å²) < 4.78 is 13.2. The molecule has 0 radical (unpaired) electrons. The molecule has 0 aliphatic carbocycles. The van der Waals surface area contributed by atoms with Crippen molar-refractivity contribution in [2.24, 2.45) is 0 Å². The van der Waals surface area contributed by atoms with Gasteiger partial charge in [-0.15, -0.1) is 11.8 Å². The van der Waals surface area contributed by atoms with Gasteiger partial charge in [0.1, 0.15) is 5.82 Å². The SMILES string of the molecule is N=C(CSc1nc(CO)cc(=O)[nH]1)SCCCc1cc2ccc(F)cc2[nH]1. The number of fused-ring (bicyclic) bond motifs is 1. The molecule has 2 aromatic heterocycles. The van der Waals surface area contributed by atoms with E-state index in [0.717, 1.165) is 35.2 Å². The van der Waals surface area contributed by atoms with E-state index in [1.165, 1.54) is 41.7 Å². The molecule has 142 valence electrons. The molecule has 3 aromatic rings. The Labute approximate surface area is 163 Å². The molecule has 0 unspecified atom stereocenters. The summed E-state index contributed by atoms with van der Waals surface area (Å²) in [7, 11) is 0. The molecule has 0 fully saturated rings. The smallest absolute Gasteiger partial charge is 0.251 e. The zero-order valence-electron chi connectivity index (χ0n) is 14.4. The molecule has 4 N–H and O–H groups in total. The van der Waals surface area contributed by atoms with Gasteiger partial charge in [0.05, 0.1) is 17.3 Å². The van der Waals surface area contributed by atoms with Crippen LogP contribution in [0.15, 0.2) is 40.3 Å². The number of aryl methyl sites for hydroxylation is 1. The maximum Gasteiger partial charge on any atom is 0.251 e. The van der Waals surface area contributed by atoms with Gasteiger partial charge in [0.25, 0.3) is 5.56 Å². The van der Waals surface area contributed by atoms with Crippen molar-refractivity contribution < 1.29 is 9.50 Å². The Bertz CT molecular complexity index is 1000. The van der Waals surface area contributed by atoms with Crippen LogP contribution in [0.4, 0.5) is 4.39 Å².